The second-order valence-electron chi connectivity index (χ2n) is 8.02. The van der Waals surface area contributed by atoms with Gasteiger partial charge in [0.15, 0.2) is 0 Å². The molecule has 0 aliphatic carbocycles. The Balaban J connectivity index is 2.10. The van der Waals surface area contributed by atoms with Gasteiger partial charge in [0.1, 0.15) is 17.2 Å². The van der Waals surface area contributed by atoms with Gasteiger partial charge in [-0.2, -0.15) is 18.4 Å². The molecular weight excluding hydrogens is 521 g/mol. The molecule has 39 heavy (non-hydrogen) atoms. The minimum Gasteiger partial charge on any atom is -0.507 e. The van der Waals surface area contributed by atoms with E-state index in [-0.39, 0.29) is 28.3 Å². The van der Waals surface area contributed by atoms with E-state index < -0.39 is 57.7 Å². The number of nitrogens with zero attached hydrogens (tertiary/aromatic N) is 1. The van der Waals surface area contributed by atoms with Crippen molar-refractivity contribution in [2.45, 2.75) is 13.1 Å². The predicted octanol–water partition coefficient (Wildman–Crippen LogP) is 4.62. The lowest BCUT2D eigenvalue weighted by Crippen LogP contribution is -2.24. The van der Waals surface area contributed by atoms with Gasteiger partial charge < -0.3 is 25.6 Å². The topological polar surface area (TPSA) is 173 Å². The molecule has 10 nitrogen and oxygen atoms in total. The Kier molecular flexibility index (Phi) is 7.90. The number of carbonyl (C=O) groups is 3. The van der Waals surface area contributed by atoms with Gasteiger partial charge in [-0.25, -0.2) is 4.79 Å². The van der Waals surface area contributed by atoms with Crippen LogP contribution < -0.4 is 15.4 Å². The van der Waals surface area contributed by atoms with E-state index in [0.717, 1.165) is 44.4 Å². The van der Waals surface area contributed by atoms with Crippen molar-refractivity contribution < 1.29 is 42.5 Å². The van der Waals surface area contributed by atoms with Crippen LogP contribution in [0.4, 0.5) is 24.5 Å². The molecule has 0 heterocycles. The molecule has 0 atom stereocenters. The molecule has 0 radical (unpaired) electrons. The highest BCUT2D eigenvalue weighted by Gasteiger charge is 2.35. The number of anilines is 2. The lowest BCUT2D eigenvalue weighted by Gasteiger charge is -2.19. The molecule has 3 aromatic rings. The van der Waals surface area contributed by atoms with Gasteiger partial charge in [0, 0.05) is 29.8 Å². The van der Waals surface area contributed by atoms with Crippen molar-refractivity contribution in [3.8, 4) is 28.7 Å². The summed E-state index contributed by atoms with van der Waals surface area (Å²) >= 11 is 0. The molecule has 0 saturated carbocycles. The second-order valence-corrected chi connectivity index (χ2v) is 8.02. The number of aromatic hydroxyl groups is 1. The van der Waals surface area contributed by atoms with Crippen molar-refractivity contribution in [2.75, 3.05) is 17.7 Å². The van der Waals surface area contributed by atoms with Crippen molar-refractivity contribution in [3.05, 3.63) is 70.8 Å². The highest BCUT2D eigenvalue weighted by atomic mass is 19.4. The number of nitrogens with one attached hydrogen (secondary N) is 3. The SMILES string of the molecule is COc1cc(O)c(C(=N)C(=O)Nc2ccc(C#N)cc2C(=O)O)cc1-c1ccc(NC(C)=O)cc1C(F)(F)F. The van der Waals surface area contributed by atoms with Gasteiger partial charge in [0.2, 0.25) is 5.91 Å². The lowest BCUT2D eigenvalue weighted by molar-refractivity contribution is -0.137. The summed E-state index contributed by atoms with van der Waals surface area (Å²) in [6.45, 7) is 1.13. The van der Waals surface area contributed by atoms with E-state index in [2.05, 4.69) is 10.6 Å². The number of alkyl halides is 3. The maximum Gasteiger partial charge on any atom is 0.417 e. The molecule has 0 saturated heterocycles. The number of carboxylic acids is 1. The zero-order valence-electron chi connectivity index (χ0n) is 20.2. The molecule has 0 aliphatic rings. The zero-order chi connectivity index (χ0) is 29.1. The molecule has 13 heteroatoms. The monoisotopic (exact) mass is 540 g/mol. The maximum atomic E-state index is 14.0. The highest BCUT2D eigenvalue weighted by molar-refractivity contribution is 6.48. The van der Waals surface area contributed by atoms with Gasteiger partial charge in [0.25, 0.3) is 5.91 Å². The molecule has 2 amide bonds. The number of phenolic OH excluding ortho intramolecular Hbond substituents is 1. The van der Waals surface area contributed by atoms with E-state index in [0.29, 0.717) is 6.07 Å². The van der Waals surface area contributed by atoms with Crippen LogP contribution in [-0.2, 0) is 15.8 Å². The molecule has 0 unspecified atom stereocenters. The Morgan fingerprint density at radius 2 is 1.69 bits per heavy atom. The molecule has 3 aromatic carbocycles. The number of benzene rings is 3. The van der Waals surface area contributed by atoms with Crippen molar-refractivity contribution in [1.29, 1.82) is 10.7 Å². The molecular formula is C26H19F3N4O6. The number of amides is 2. The summed E-state index contributed by atoms with van der Waals surface area (Å²) in [5.74, 6) is -4.12. The predicted molar refractivity (Wildman–Crippen MR) is 133 cm³/mol. The van der Waals surface area contributed by atoms with Crippen LogP contribution in [0.5, 0.6) is 11.5 Å². The standard InChI is InChI=1S/C26H19F3N4O6/c1-12(34)32-14-4-5-15(19(8-14)26(27,28)29)16-9-18(21(35)10-22(16)39-2)23(31)24(36)33-20-6-3-13(11-30)7-17(20)25(37)38/h3-10,31,35H,1-2H3,(H,32,34)(H,33,36)(H,37,38). The van der Waals surface area contributed by atoms with Crippen molar-refractivity contribution in [1.82, 2.24) is 0 Å². The lowest BCUT2D eigenvalue weighted by atomic mass is 9.94. The highest BCUT2D eigenvalue weighted by Crippen LogP contribution is 2.43. The Hall–Kier alpha value is -5.38. The Morgan fingerprint density at radius 1 is 1.00 bits per heavy atom. The molecule has 0 fully saturated rings. The normalized spacial score (nSPS) is 10.8. The first-order valence-electron chi connectivity index (χ1n) is 10.8. The van der Waals surface area contributed by atoms with Crippen LogP contribution in [0.15, 0.2) is 48.5 Å². The second kappa shape index (κ2) is 10.9. The van der Waals surface area contributed by atoms with E-state index in [1.54, 1.807) is 6.07 Å². The van der Waals surface area contributed by atoms with Crippen LogP contribution >= 0.6 is 0 Å². The van der Waals surface area contributed by atoms with Crippen molar-refractivity contribution in [3.63, 3.8) is 0 Å². The number of ether oxygens (including phenoxy) is 1. The van der Waals surface area contributed by atoms with E-state index in [1.807, 2.05) is 0 Å². The first kappa shape index (κ1) is 28.2. The Labute approximate surface area is 218 Å². The number of hydrogen-bond donors (Lipinski definition) is 5. The average molecular weight is 540 g/mol. The van der Waals surface area contributed by atoms with Gasteiger partial charge in [-0.15, -0.1) is 0 Å². The van der Waals surface area contributed by atoms with E-state index in [9.17, 15) is 37.8 Å². The first-order chi connectivity index (χ1) is 18.3. The summed E-state index contributed by atoms with van der Waals surface area (Å²) in [4.78, 5) is 35.7. The number of hydrogen-bond acceptors (Lipinski definition) is 7. The third-order valence-electron chi connectivity index (χ3n) is 5.38. The molecule has 0 spiro atoms. The molecule has 0 aromatic heterocycles. The van der Waals surface area contributed by atoms with Crippen LogP contribution in [0, 0.1) is 16.7 Å². The summed E-state index contributed by atoms with van der Waals surface area (Å²) in [6, 6.07) is 10.0. The molecule has 3 rings (SSSR count). The summed E-state index contributed by atoms with van der Waals surface area (Å²) in [5.41, 5.74) is -4.02. The third kappa shape index (κ3) is 6.13. The first-order valence-corrected chi connectivity index (χ1v) is 10.8. The molecule has 5 N–H and O–H groups in total. The van der Waals surface area contributed by atoms with Crippen molar-refractivity contribution >= 4 is 34.9 Å². The average Bonchev–Trinajstić information content (AvgIpc) is 2.87. The maximum absolute atomic E-state index is 14.0. The summed E-state index contributed by atoms with van der Waals surface area (Å²) in [5, 5.41) is 41.6. The smallest absolute Gasteiger partial charge is 0.417 e. The molecule has 200 valence electrons. The fraction of sp³-hybridized carbons (Fsp3) is 0.115. The zero-order valence-corrected chi connectivity index (χ0v) is 20.2. The minimum absolute atomic E-state index is 0.00269. The molecule has 0 bridgehead atoms. The Bertz CT molecular complexity index is 1560. The quantitative estimate of drug-likeness (QED) is 0.272. The third-order valence-corrected chi connectivity index (χ3v) is 5.38. The van der Waals surface area contributed by atoms with E-state index >= 15 is 0 Å². The number of phenols is 1. The molecule has 0 aliphatic heterocycles. The summed E-state index contributed by atoms with van der Waals surface area (Å²) < 4.78 is 47.1. The van der Waals surface area contributed by atoms with Crippen LogP contribution in [0.25, 0.3) is 11.1 Å². The largest absolute Gasteiger partial charge is 0.507 e. The van der Waals surface area contributed by atoms with Gasteiger partial charge in [-0.05, 0) is 42.0 Å². The summed E-state index contributed by atoms with van der Waals surface area (Å²) in [7, 11) is 1.15. The number of carbonyl (C=O) groups excluding carboxylic acids is 2. The Morgan fingerprint density at radius 3 is 2.26 bits per heavy atom. The van der Waals surface area contributed by atoms with Crippen LogP contribution in [0.1, 0.15) is 34.0 Å². The van der Waals surface area contributed by atoms with Crippen molar-refractivity contribution in [2.24, 2.45) is 0 Å². The van der Waals surface area contributed by atoms with Crippen LogP contribution in [0.3, 0.4) is 0 Å². The number of halogens is 3. The van der Waals surface area contributed by atoms with Gasteiger partial charge in [-0.3, -0.25) is 15.0 Å². The van der Waals surface area contributed by atoms with Gasteiger partial charge in [-0.1, -0.05) is 6.07 Å². The fourth-order valence-electron chi connectivity index (χ4n) is 3.65. The number of aromatic carboxylic acids is 1. The van der Waals surface area contributed by atoms with Crippen LogP contribution in [0.2, 0.25) is 0 Å². The number of rotatable bonds is 7. The van der Waals surface area contributed by atoms with Gasteiger partial charge >= 0.3 is 12.1 Å². The fourth-order valence-corrected chi connectivity index (χ4v) is 3.65. The van der Waals surface area contributed by atoms with E-state index in [1.165, 1.54) is 12.1 Å². The minimum atomic E-state index is -4.89. The van der Waals surface area contributed by atoms with Crippen LogP contribution in [-0.4, -0.2) is 40.8 Å². The number of methoxy groups -OCH3 is 1. The van der Waals surface area contributed by atoms with E-state index in [4.69, 9.17) is 15.4 Å². The summed E-state index contributed by atoms with van der Waals surface area (Å²) in [6.07, 6.45) is -4.89. The number of carboxylic acid groups (broad SMARTS) is 1. The number of nitriles is 1. The van der Waals surface area contributed by atoms with Gasteiger partial charge in [0.05, 0.1) is 35.6 Å².